The highest BCUT2D eigenvalue weighted by atomic mass is 35.5. The minimum absolute atomic E-state index is 0.255. The molecule has 0 atom stereocenters. The van der Waals surface area contributed by atoms with E-state index in [0.717, 1.165) is 5.56 Å². The van der Waals surface area contributed by atoms with Gasteiger partial charge in [-0.1, -0.05) is 53.7 Å². The van der Waals surface area contributed by atoms with E-state index in [1.807, 2.05) is 24.3 Å². The molecule has 2 aromatic carbocycles. The molecule has 0 saturated heterocycles. The van der Waals surface area contributed by atoms with Crippen molar-refractivity contribution in [3.8, 4) is 5.75 Å². The Labute approximate surface area is 154 Å². The van der Waals surface area contributed by atoms with Crippen LogP contribution in [-0.4, -0.2) is 27.5 Å². The van der Waals surface area contributed by atoms with Crippen molar-refractivity contribution in [2.24, 2.45) is 0 Å². The van der Waals surface area contributed by atoms with Crippen molar-refractivity contribution in [3.63, 3.8) is 0 Å². The summed E-state index contributed by atoms with van der Waals surface area (Å²) in [5.41, 5.74) is 0.889. The van der Waals surface area contributed by atoms with Crippen molar-refractivity contribution in [3.05, 3.63) is 70.8 Å². The molecule has 7 heteroatoms. The van der Waals surface area contributed by atoms with Crippen LogP contribution in [0.15, 0.2) is 53.7 Å². The number of aromatic amines is 1. The van der Waals surface area contributed by atoms with Crippen molar-refractivity contribution < 1.29 is 9.13 Å². The van der Waals surface area contributed by atoms with Gasteiger partial charge in [-0.3, -0.25) is 5.10 Å². The van der Waals surface area contributed by atoms with Gasteiger partial charge in [-0.2, -0.15) is 0 Å². The van der Waals surface area contributed by atoms with Gasteiger partial charge in [-0.25, -0.2) is 9.37 Å². The Morgan fingerprint density at radius 3 is 2.72 bits per heavy atom. The molecular weight excluding hydrogens is 361 g/mol. The third-order valence-electron chi connectivity index (χ3n) is 3.19. The number of hydrogen-bond donors (Lipinski definition) is 1. The maximum atomic E-state index is 12.9. The average Bonchev–Trinajstić information content (AvgIpc) is 3.07. The Morgan fingerprint density at radius 1 is 1.12 bits per heavy atom. The van der Waals surface area contributed by atoms with Crippen LogP contribution >= 0.6 is 23.4 Å². The van der Waals surface area contributed by atoms with Crippen LogP contribution < -0.4 is 4.74 Å². The molecule has 0 bridgehead atoms. The number of rotatable bonds is 7. The molecule has 128 valence electrons. The van der Waals surface area contributed by atoms with Crippen molar-refractivity contribution >= 4 is 35.5 Å². The molecule has 1 aromatic heterocycles. The molecule has 3 rings (SSSR count). The number of hydrogen-bond acceptors (Lipinski definition) is 4. The molecule has 1 N–H and O–H groups in total. The fraction of sp³-hybridized carbons (Fsp3) is 0.111. The molecule has 0 aliphatic carbocycles. The lowest BCUT2D eigenvalue weighted by Gasteiger charge is -2.06. The van der Waals surface area contributed by atoms with E-state index in [1.54, 1.807) is 24.3 Å². The van der Waals surface area contributed by atoms with Crippen molar-refractivity contribution in [1.29, 1.82) is 0 Å². The number of benzene rings is 2. The average molecular weight is 376 g/mol. The van der Waals surface area contributed by atoms with Crippen LogP contribution in [0.3, 0.4) is 0 Å². The highest BCUT2D eigenvalue weighted by molar-refractivity contribution is 7.99. The van der Waals surface area contributed by atoms with Gasteiger partial charge in [0.1, 0.15) is 17.4 Å². The zero-order valence-corrected chi connectivity index (χ0v) is 14.7. The van der Waals surface area contributed by atoms with Gasteiger partial charge in [0.15, 0.2) is 0 Å². The van der Waals surface area contributed by atoms with Crippen LogP contribution in [0.25, 0.3) is 12.2 Å². The fourth-order valence-corrected chi connectivity index (χ4v) is 2.81. The summed E-state index contributed by atoms with van der Waals surface area (Å²) in [6, 6.07) is 13.6. The summed E-state index contributed by atoms with van der Waals surface area (Å²) in [4.78, 5) is 4.36. The van der Waals surface area contributed by atoms with Crippen LogP contribution in [0.5, 0.6) is 5.75 Å². The third-order valence-corrected chi connectivity index (χ3v) is 4.32. The quantitative estimate of drug-likeness (QED) is 0.469. The zero-order chi connectivity index (χ0) is 17.5. The minimum atomic E-state index is -0.255. The topological polar surface area (TPSA) is 50.8 Å². The molecule has 25 heavy (non-hydrogen) atoms. The van der Waals surface area contributed by atoms with Gasteiger partial charge in [-0.15, -0.1) is 5.10 Å². The molecule has 3 aromatic rings. The van der Waals surface area contributed by atoms with Gasteiger partial charge < -0.3 is 4.74 Å². The van der Waals surface area contributed by atoms with E-state index >= 15 is 0 Å². The van der Waals surface area contributed by atoms with E-state index in [2.05, 4.69) is 15.2 Å². The number of halogens is 2. The first-order chi connectivity index (χ1) is 12.2. The Kier molecular flexibility index (Phi) is 6.09. The molecular formula is C18H15ClFN3OS. The summed E-state index contributed by atoms with van der Waals surface area (Å²) in [5, 5.41) is 8.23. The van der Waals surface area contributed by atoms with E-state index in [-0.39, 0.29) is 5.82 Å². The monoisotopic (exact) mass is 375 g/mol. The smallest absolute Gasteiger partial charge is 0.208 e. The van der Waals surface area contributed by atoms with Crippen LogP contribution in [0.4, 0.5) is 4.39 Å². The molecule has 0 saturated carbocycles. The Hall–Kier alpha value is -2.31. The maximum Gasteiger partial charge on any atom is 0.208 e. The molecule has 4 nitrogen and oxygen atoms in total. The van der Waals surface area contributed by atoms with E-state index in [1.165, 1.54) is 23.9 Å². The van der Waals surface area contributed by atoms with Crippen molar-refractivity contribution in [2.75, 3.05) is 12.4 Å². The second kappa shape index (κ2) is 8.69. The number of para-hydroxylation sites is 1. The number of nitrogens with one attached hydrogen (secondary N) is 1. The Balaban J connectivity index is 1.47. The first-order valence-electron chi connectivity index (χ1n) is 7.57. The lowest BCUT2D eigenvalue weighted by atomic mass is 10.2. The number of ether oxygens (including phenoxy) is 1. The summed E-state index contributed by atoms with van der Waals surface area (Å²) in [6.07, 6.45) is 3.64. The largest absolute Gasteiger partial charge is 0.491 e. The predicted octanol–water partition coefficient (Wildman–Crippen LogP) is 4.94. The van der Waals surface area contributed by atoms with E-state index in [0.29, 0.717) is 34.1 Å². The second-order valence-corrected chi connectivity index (χ2v) is 6.48. The van der Waals surface area contributed by atoms with Crippen molar-refractivity contribution in [2.45, 2.75) is 5.16 Å². The summed E-state index contributed by atoms with van der Waals surface area (Å²) in [5.74, 6) is 1.75. The molecule has 1 heterocycles. The number of aromatic nitrogens is 3. The fourth-order valence-electron chi connectivity index (χ4n) is 1.99. The zero-order valence-electron chi connectivity index (χ0n) is 13.2. The van der Waals surface area contributed by atoms with Gasteiger partial charge >= 0.3 is 0 Å². The van der Waals surface area contributed by atoms with Gasteiger partial charge in [-0.05, 0) is 35.9 Å². The number of thioether (sulfide) groups is 1. The van der Waals surface area contributed by atoms with Crippen LogP contribution in [0.2, 0.25) is 5.02 Å². The molecule has 0 radical (unpaired) electrons. The predicted molar refractivity (Wildman–Crippen MR) is 99.4 cm³/mol. The van der Waals surface area contributed by atoms with Crippen LogP contribution in [0.1, 0.15) is 11.4 Å². The summed E-state index contributed by atoms with van der Waals surface area (Å²) < 4.78 is 18.5. The molecule has 0 amide bonds. The lowest BCUT2D eigenvalue weighted by Crippen LogP contribution is -2.00. The molecule has 0 aliphatic rings. The number of H-pyrrole nitrogens is 1. The van der Waals surface area contributed by atoms with Gasteiger partial charge in [0.05, 0.1) is 11.6 Å². The summed E-state index contributed by atoms with van der Waals surface area (Å²) in [6.45, 7) is 0.504. The lowest BCUT2D eigenvalue weighted by molar-refractivity contribution is 0.344. The number of nitrogens with zero attached hydrogens (tertiary/aromatic N) is 2. The minimum Gasteiger partial charge on any atom is -0.491 e. The molecule has 0 unspecified atom stereocenters. The molecule has 0 aliphatic heterocycles. The first kappa shape index (κ1) is 17.5. The van der Waals surface area contributed by atoms with Crippen LogP contribution in [-0.2, 0) is 0 Å². The summed E-state index contributed by atoms with van der Waals surface area (Å²) >= 11 is 7.51. The highest BCUT2D eigenvalue weighted by Crippen LogP contribution is 2.23. The normalized spacial score (nSPS) is 11.1. The van der Waals surface area contributed by atoms with Gasteiger partial charge in [0.2, 0.25) is 5.16 Å². The highest BCUT2D eigenvalue weighted by Gasteiger charge is 2.03. The second-order valence-electron chi connectivity index (χ2n) is 5.02. The molecule has 0 spiro atoms. The van der Waals surface area contributed by atoms with E-state index in [9.17, 15) is 4.39 Å². The first-order valence-corrected chi connectivity index (χ1v) is 8.93. The SMILES string of the molecule is Fc1ccc(/C=C/c2nc(SCCOc3ccccc3Cl)n[nH]2)cc1. The van der Waals surface area contributed by atoms with Gasteiger partial charge in [0.25, 0.3) is 0 Å². The Morgan fingerprint density at radius 2 is 1.92 bits per heavy atom. The van der Waals surface area contributed by atoms with E-state index < -0.39 is 0 Å². The van der Waals surface area contributed by atoms with Crippen molar-refractivity contribution in [1.82, 2.24) is 15.2 Å². The third kappa shape index (κ3) is 5.34. The Bertz CT molecular complexity index is 852. The van der Waals surface area contributed by atoms with Crippen LogP contribution in [0, 0.1) is 5.82 Å². The molecule has 0 fully saturated rings. The van der Waals surface area contributed by atoms with Gasteiger partial charge in [0, 0.05) is 5.75 Å². The standard InChI is InChI=1S/C18H15ClFN3OS/c19-15-3-1-2-4-16(15)24-11-12-25-18-21-17(22-23-18)10-7-13-5-8-14(20)9-6-13/h1-10H,11-12H2,(H,21,22,23)/b10-7+. The van der Waals surface area contributed by atoms with E-state index in [4.69, 9.17) is 16.3 Å². The maximum absolute atomic E-state index is 12.9. The summed E-state index contributed by atoms with van der Waals surface area (Å²) in [7, 11) is 0.